The van der Waals surface area contributed by atoms with Gasteiger partial charge >= 0.3 is 48.4 Å². The summed E-state index contributed by atoms with van der Waals surface area (Å²) in [6.45, 7) is 0. The third kappa shape index (κ3) is 54.6. The summed E-state index contributed by atoms with van der Waals surface area (Å²) in [5, 5.41) is 0. The molecule has 3 N–H and O–H groups in total. The summed E-state index contributed by atoms with van der Waals surface area (Å²) in [5.41, 5.74) is 0. The van der Waals surface area contributed by atoms with Crippen LogP contribution in [0.15, 0.2) is 0 Å². The van der Waals surface area contributed by atoms with Crippen molar-refractivity contribution in [2.45, 2.75) is 0 Å². The maximum atomic E-state index is 8.88. The Hall–Kier alpha value is 1.37. The van der Waals surface area contributed by atoms with Gasteiger partial charge in [0.1, 0.15) is 0 Å². The van der Waals surface area contributed by atoms with E-state index in [0.717, 1.165) is 0 Å². The summed E-state index contributed by atoms with van der Waals surface area (Å²) in [5.74, 6) is 0. The molecule has 0 spiro atoms. The Morgan fingerprint density at radius 1 is 1.33 bits per heavy atom. The van der Waals surface area contributed by atoms with Gasteiger partial charge in [-0.2, -0.15) is 0 Å². The predicted octanol–water partition coefficient (Wildman–Crippen LogP) is -1.08. The van der Waals surface area contributed by atoms with Gasteiger partial charge in [-0.25, -0.2) is 4.57 Å². The SMILES string of the molecule is O=P(O)(O)O.[Ca+2].[H+].[H+]. The average molecular weight is 140 g/mol. The first kappa shape index (κ1) is 10.4. The normalized spacial score (nSPS) is 9.83. The zero-order valence-corrected chi connectivity index (χ0v) is 6.01. The molecule has 0 heterocycles. The van der Waals surface area contributed by atoms with Gasteiger partial charge in [0.25, 0.3) is 0 Å². The molecule has 4 nitrogen and oxygen atoms in total. The standard InChI is InChI=1S/Ca.H3O4P/c;1-5(2,3)4/h;(H3,1,2,3,4)/q+2;/p+2. The molecule has 6 heavy (non-hydrogen) atoms. The van der Waals surface area contributed by atoms with E-state index in [1.807, 2.05) is 0 Å². The van der Waals surface area contributed by atoms with Crippen LogP contribution in [0.4, 0.5) is 0 Å². The molecular formula is H5CaO4P+4. The molecule has 0 aliphatic rings. The van der Waals surface area contributed by atoms with Crippen LogP contribution in [0.2, 0.25) is 0 Å². The van der Waals surface area contributed by atoms with Crippen LogP contribution in [-0.4, -0.2) is 52.4 Å². The number of hydrogen-bond acceptors (Lipinski definition) is 1. The van der Waals surface area contributed by atoms with Crippen LogP contribution in [0, 0.1) is 0 Å². The van der Waals surface area contributed by atoms with Crippen molar-refractivity contribution in [2.24, 2.45) is 0 Å². The molecule has 0 bridgehead atoms. The van der Waals surface area contributed by atoms with E-state index < -0.39 is 7.82 Å². The zero-order valence-electron chi connectivity index (χ0n) is 4.90. The van der Waals surface area contributed by atoms with Gasteiger partial charge in [0.05, 0.1) is 0 Å². The second-order valence-electron chi connectivity index (χ2n) is 0.513. The van der Waals surface area contributed by atoms with E-state index in [1.54, 1.807) is 0 Å². The number of phosphoric acid groups is 1. The van der Waals surface area contributed by atoms with Crippen LogP contribution in [0.3, 0.4) is 0 Å². The first-order valence-corrected chi connectivity index (χ1v) is 2.35. The van der Waals surface area contributed by atoms with Gasteiger partial charge in [-0.15, -0.1) is 0 Å². The van der Waals surface area contributed by atoms with Crippen LogP contribution in [-0.2, 0) is 4.57 Å². The van der Waals surface area contributed by atoms with Crippen molar-refractivity contribution in [3.05, 3.63) is 0 Å². The predicted molar refractivity (Wildman–Crippen MR) is 22.2 cm³/mol. The van der Waals surface area contributed by atoms with E-state index >= 15 is 0 Å². The minimum absolute atomic E-state index is 0. The maximum Gasteiger partial charge on any atom is 2.00 e. The van der Waals surface area contributed by atoms with E-state index in [4.69, 9.17) is 19.2 Å². The van der Waals surface area contributed by atoms with E-state index in [9.17, 15) is 0 Å². The Bertz CT molecular complexity index is 60.2. The van der Waals surface area contributed by atoms with Crippen LogP contribution < -0.4 is 0 Å². The van der Waals surface area contributed by atoms with Gasteiger partial charge in [-0.3, -0.25) is 0 Å². The molecule has 0 aliphatic carbocycles. The fourth-order valence-corrected chi connectivity index (χ4v) is 0. The molecule has 0 saturated heterocycles. The molecule has 0 unspecified atom stereocenters. The number of rotatable bonds is 0. The van der Waals surface area contributed by atoms with Crippen molar-refractivity contribution in [3.63, 3.8) is 0 Å². The molecule has 0 amide bonds. The van der Waals surface area contributed by atoms with Crippen molar-refractivity contribution in [1.29, 1.82) is 0 Å². The molecular weight excluding hydrogens is 135 g/mol. The van der Waals surface area contributed by atoms with Gasteiger partial charge < -0.3 is 14.7 Å². The summed E-state index contributed by atoms with van der Waals surface area (Å²) in [6.07, 6.45) is 0. The molecule has 0 aliphatic heterocycles. The average Bonchev–Trinajstić information content (AvgIpc) is 0.722. The van der Waals surface area contributed by atoms with Crippen LogP contribution in [0.5, 0.6) is 0 Å². The molecule has 0 atom stereocenters. The molecule has 0 radical (unpaired) electrons. The Balaban J connectivity index is -0.0000000267. The largest absolute Gasteiger partial charge is 2.00 e. The van der Waals surface area contributed by atoms with Crippen molar-refractivity contribution in [2.75, 3.05) is 0 Å². The van der Waals surface area contributed by atoms with E-state index in [2.05, 4.69) is 0 Å². The smallest absolute Gasteiger partial charge is 0.303 e. The van der Waals surface area contributed by atoms with Crippen LogP contribution in [0.25, 0.3) is 0 Å². The Morgan fingerprint density at radius 3 is 1.33 bits per heavy atom. The van der Waals surface area contributed by atoms with Gasteiger partial charge in [0, 0.05) is 0 Å². The fourth-order valence-electron chi connectivity index (χ4n) is 0. The first-order chi connectivity index (χ1) is 2.00. The maximum absolute atomic E-state index is 8.88. The fraction of sp³-hybridized carbons (Fsp3) is 0. The summed E-state index contributed by atoms with van der Waals surface area (Å²) in [7, 11) is -4.64. The molecule has 0 aromatic carbocycles. The van der Waals surface area contributed by atoms with Gasteiger partial charge in [-0.05, 0) is 0 Å². The quantitative estimate of drug-likeness (QED) is 0.295. The van der Waals surface area contributed by atoms with E-state index in [1.165, 1.54) is 0 Å². The minimum atomic E-state index is -4.64. The molecule has 0 rings (SSSR count). The number of hydrogen-bond donors (Lipinski definition) is 3. The molecule has 0 saturated carbocycles. The van der Waals surface area contributed by atoms with E-state index in [0.29, 0.717) is 0 Å². The van der Waals surface area contributed by atoms with Crippen molar-refractivity contribution >= 4 is 45.6 Å². The summed E-state index contributed by atoms with van der Waals surface area (Å²) < 4.78 is 8.88. The van der Waals surface area contributed by atoms with E-state index in [-0.39, 0.29) is 40.6 Å². The first-order valence-electron chi connectivity index (χ1n) is 0.783. The molecule has 32 valence electrons. The molecule has 0 aromatic rings. The Kier molecular flexibility index (Phi) is 5.84. The van der Waals surface area contributed by atoms with Gasteiger partial charge in [0.15, 0.2) is 0 Å². The van der Waals surface area contributed by atoms with Crippen molar-refractivity contribution in [3.8, 4) is 0 Å². The van der Waals surface area contributed by atoms with Gasteiger partial charge in [-0.1, -0.05) is 0 Å². The Labute approximate surface area is 67.4 Å². The zero-order chi connectivity index (χ0) is 4.50. The van der Waals surface area contributed by atoms with Crippen LogP contribution >= 0.6 is 7.82 Å². The summed E-state index contributed by atoms with van der Waals surface area (Å²) in [6, 6.07) is 0. The molecule has 0 aromatic heterocycles. The minimum Gasteiger partial charge on any atom is -0.303 e. The third-order valence-corrected chi connectivity index (χ3v) is 0. The van der Waals surface area contributed by atoms with Crippen LogP contribution in [0.1, 0.15) is 2.85 Å². The second kappa shape index (κ2) is 3.38. The Morgan fingerprint density at radius 2 is 1.33 bits per heavy atom. The van der Waals surface area contributed by atoms with Crippen molar-refractivity contribution < 1.29 is 22.1 Å². The molecule has 0 fully saturated rings. The third-order valence-electron chi connectivity index (χ3n) is 0. The topological polar surface area (TPSA) is 77.8 Å². The summed E-state index contributed by atoms with van der Waals surface area (Å²) >= 11 is 0. The van der Waals surface area contributed by atoms with Crippen molar-refractivity contribution in [1.82, 2.24) is 0 Å². The summed E-state index contributed by atoms with van der Waals surface area (Å²) in [4.78, 5) is 21.6. The van der Waals surface area contributed by atoms with Gasteiger partial charge in [0.2, 0.25) is 0 Å². The molecule has 6 heteroatoms. The monoisotopic (exact) mass is 140 g/mol. The second-order valence-corrected chi connectivity index (χ2v) is 1.54.